The van der Waals surface area contributed by atoms with Gasteiger partial charge in [0.25, 0.3) is 0 Å². The Morgan fingerprint density at radius 1 is 0.362 bits per heavy atom. The smallest absolute Gasteiger partial charge is 0.129 e. The van der Waals surface area contributed by atoms with Crippen LogP contribution in [-0.2, 0) is 0 Å². The second-order valence-corrected chi connectivity index (χ2v) is 12.8. The number of rotatable bonds is 2. The minimum Gasteiger partial charge on any atom is -0.258 e. The molecule has 6 aromatic rings. The van der Waals surface area contributed by atoms with Crippen molar-refractivity contribution < 1.29 is 0 Å². The van der Waals surface area contributed by atoms with Crippen molar-refractivity contribution in [1.82, 2.24) is 29.9 Å². The highest BCUT2D eigenvalue weighted by atomic mass is 15.0. The van der Waals surface area contributed by atoms with Gasteiger partial charge in [-0.15, -0.1) is 0 Å². The molecule has 6 heteroatoms. The van der Waals surface area contributed by atoms with Crippen molar-refractivity contribution in [3.63, 3.8) is 0 Å². The van der Waals surface area contributed by atoms with Crippen LogP contribution in [0.3, 0.4) is 0 Å². The first-order valence-electron chi connectivity index (χ1n) is 16.5. The minimum atomic E-state index is 0.533. The van der Waals surface area contributed by atoms with Gasteiger partial charge in [0.2, 0.25) is 0 Å². The largest absolute Gasteiger partial charge is 0.258 e. The van der Waals surface area contributed by atoms with Crippen molar-refractivity contribution in [3.8, 4) is 0 Å². The summed E-state index contributed by atoms with van der Waals surface area (Å²) in [5.41, 5.74) is 8.56. The average molecular weight is 629 g/mol. The maximum absolute atomic E-state index is 4.23. The van der Waals surface area contributed by atoms with Crippen LogP contribution in [0.15, 0.2) is 66.7 Å². The van der Waals surface area contributed by atoms with Crippen LogP contribution in [0.1, 0.15) is 102 Å². The lowest BCUT2D eigenvalue weighted by Gasteiger charge is -2.20. The Morgan fingerprint density at radius 2 is 0.638 bits per heavy atom. The van der Waals surface area contributed by atoms with E-state index < -0.39 is 0 Å². The van der Waals surface area contributed by atoms with E-state index in [2.05, 4.69) is 125 Å². The Morgan fingerprint density at radius 3 is 0.894 bits per heavy atom. The fourth-order valence-electron chi connectivity index (χ4n) is 6.16. The molecule has 0 saturated carbocycles. The van der Waals surface area contributed by atoms with E-state index in [9.17, 15) is 0 Å². The van der Waals surface area contributed by atoms with E-state index >= 15 is 0 Å². The molecule has 0 atom stereocenters. The molecule has 0 spiro atoms. The normalized spacial score (nSPS) is 10.6. The van der Waals surface area contributed by atoms with Crippen molar-refractivity contribution in [2.45, 2.75) is 102 Å². The zero-order chi connectivity index (χ0) is 34.8. The van der Waals surface area contributed by atoms with E-state index in [1.807, 2.05) is 61.5 Å². The Kier molecular flexibility index (Phi) is 13.2. The molecule has 3 aromatic heterocycles. The number of aryl methyl sites for hydroxylation is 9. The average Bonchev–Trinajstić information content (AvgIpc) is 2.94. The zero-order valence-electron chi connectivity index (χ0n) is 30.7. The number of hydrogen-bond acceptors (Lipinski definition) is 6. The molecule has 0 radical (unpaired) electrons. The van der Waals surface area contributed by atoms with Crippen LogP contribution in [0.4, 0.5) is 0 Å². The van der Waals surface area contributed by atoms with E-state index in [4.69, 9.17) is 0 Å². The molecule has 0 aliphatic carbocycles. The lowest BCUT2D eigenvalue weighted by Crippen LogP contribution is -1.98. The van der Waals surface area contributed by atoms with E-state index in [0.717, 1.165) is 46.1 Å². The van der Waals surface area contributed by atoms with Gasteiger partial charge < -0.3 is 0 Å². The summed E-state index contributed by atoms with van der Waals surface area (Å²) in [6.07, 6.45) is 0. The summed E-state index contributed by atoms with van der Waals surface area (Å²) in [5, 5.41) is 5.68. The summed E-state index contributed by atoms with van der Waals surface area (Å²) in [5.74, 6) is 4.30. The van der Waals surface area contributed by atoms with Crippen LogP contribution in [0.2, 0.25) is 0 Å². The van der Waals surface area contributed by atoms with E-state index in [1.165, 1.54) is 38.2 Å². The molecular weight excluding hydrogens is 576 g/mol. The Hall–Kier alpha value is -4.58. The first-order valence-corrected chi connectivity index (χ1v) is 16.5. The third-order valence-corrected chi connectivity index (χ3v) is 7.46. The third kappa shape index (κ3) is 10.7. The molecule has 0 unspecified atom stereocenters. The summed E-state index contributed by atoms with van der Waals surface area (Å²) >= 11 is 0. The van der Waals surface area contributed by atoms with Gasteiger partial charge in [-0.2, -0.15) is 0 Å². The summed E-state index contributed by atoms with van der Waals surface area (Å²) in [4.78, 5) is 24.5. The molecule has 0 bridgehead atoms. The number of fused-ring (bicyclic) bond motifs is 2. The minimum absolute atomic E-state index is 0.533. The Bertz CT molecular complexity index is 1550. The number of nitrogens with zero attached hydrogens (tertiary/aromatic N) is 6. The molecule has 47 heavy (non-hydrogen) atoms. The monoisotopic (exact) mass is 628 g/mol. The van der Waals surface area contributed by atoms with Crippen LogP contribution in [-0.4, -0.2) is 29.9 Å². The topological polar surface area (TPSA) is 77.3 Å². The third-order valence-electron chi connectivity index (χ3n) is 7.46. The summed E-state index contributed by atoms with van der Waals surface area (Å²) < 4.78 is 0. The number of hydrogen-bond donors (Lipinski definition) is 0. The molecule has 0 N–H and O–H groups in total. The lowest BCUT2D eigenvalue weighted by molar-refractivity contribution is 0.873. The van der Waals surface area contributed by atoms with Gasteiger partial charge >= 0.3 is 0 Å². The van der Waals surface area contributed by atoms with Crippen LogP contribution < -0.4 is 0 Å². The molecule has 0 saturated heterocycles. The highest BCUT2D eigenvalue weighted by Gasteiger charge is 2.16. The van der Waals surface area contributed by atoms with Crippen LogP contribution in [0.5, 0.6) is 0 Å². The lowest BCUT2D eigenvalue weighted by atomic mass is 9.84. The van der Waals surface area contributed by atoms with Crippen LogP contribution in [0.25, 0.3) is 21.5 Å². The fraction of sp³-hybridized carbons (Fsp3) is 0.366. The summed E-state index contributed by atoms with van der Waals surface area (Å²) in [6.45, 7) is 26.7. The first kappa shape index (κ1) is 36.9. The van der Waals surface area contributed by atoms with E-state index in [1.54, 1.807) is 0 Å². The van der Waals surface area contributed by atoms with Gasteiger partial charge in [-0.3, -0.25) is 4.98 Å². The van der Waals surface area contributed by atoms with Gasteiger partial charge in [0.15, 0.2) is 0 Å². The van der Waals surface area contributed by atoms with Gasteiger partial charge in [0, 0.05) is 22.8 Å². The summed E-state index contributed by atoms with van der Waals surface area (Å²) in [6, 6.07) is 23.9. The van der Waals surface area contributed by atoms with Gasteiger partial charge in [-0.25, -0.2) is 24.9 Å². The van der Waals surface area contributed by atoms with E-state index in [-0.39, 0.29) is 0 Å². The second-order valence-electron chi connectivity index (χ2n) is 12.8. The fourth-order valence-corrected chi connectivity index (χ4v) is 6.16. The van der Waals surface area contributed by atoms with Gasteiger partial charge in [-0.05, 0) is 131 Å². The highest BCUT2D eigenvalue weighted by molar-refractivity contribution is 6.06. The molecule has 0 aliphatic rings. The number of aromatic nitrogens is 6. The standard InChI is InChI=1S/C20H22.C8H11N.C7H10N2.C6H9N3/c1-13(2)19-15-9-5-7-11-17(15)20(14(3)4)18-12-8-6-10-16(18)19;1-6-4-7(2)9-8(3)5-6;1-5-4-6(2)9-7(3)8-5;1-4-7-5(2)9-6(3)8-4/h5-14H,1-4H3;4-5H,1-3H3;4H,1-3H3;1-3H3. The van der Waals surface area contributed by atoms with Crippen LogP contribution >= 0.6 is 0 Å². The second kappa shape index (κ2) is 16.8. The van der Waals surface area contributed by atoms with E-state index in [0.29, 0.717) is 11.8 Å². The molecular formula is C41H52N6. The summed E-state index contributed by atoms with van der Waals surface area (Å²) in [7, 11) is 0. The predicted octanol–water partition coefficient (Wildman–Crippen LogP) is 10.4. The maximum atomic E-state index is 4.23. The molecule has 3 aromatic carbocycles. The molecule has 3 heterocycles. The number of benzene rings is 3. The molecule has 6 rings (SSSR count). The molecule has 0 fully saturated rings. The predicted molar refractivity (Wildman–Crippen MR) is 198 cm³/mol. The van der Waals surface area contributed by atoms with Gasteiger partial charge in [0.05, 0.1) is 0 Å². The molecule has 6 nitrogen and oxygen atoms in total. The highest BCUT2D eigenvalue weighted by Crippen LogP contribution is 2.39. The van der Waals surface area contributed by atoms with Crippen molar-refractivity contribution >= 4 is 21.5 Å². The zero-order valence-corrected chi connectivity index (χ0v) is 30.7. The SMILES string of the molecule is CC(C)c1c2ccccc2c(C(C)C)c2ccccc12.Cc1cc(C)nc(C)c1.Cc1cc(C)nc(C)n1.Cc1nc(C)nc(C)n1. The molecule has 246 valence electrons. The van der Waals surface area contributed by atoms with Crippen LogP contribution in [0, 0.1) is 62.3 Å². The van der Waals surface area contributed by atoms with Gasteiger partial charge in [0.1, 0.15) is 23.3 Å². The van der Waals surface area contributed by atoms with Gasteiger partial charge in [-0.1, -0.05) is 76.2 Å². The molecule has 0 amide bonds. The van der Waals surface area contributed by atoms with Crippen molar-refractivity contribution in [2.24, 2.45) is 0 Å². The first-order chi connectivity index (χ1) is 22.2. The Balaban J connectivity index is 0.000000187. The van der Waals surface area contributed by atoms with Crippen molar-refractivity contribution in [2.75, 3.05) is 0 Å². The van der Waals surface area contributed by atoms with Crippen molar-refractivity contribution in [3.05, 3.63) is 129 Å². The van der Waals surface area contributed by atoms with Crippen molar-refractivity contribution in [1.29, 1.82) is 0 Å². The molecule has 0 aliphatic heterocycles. The number of pyridine rings is 1. The Labute approximate surface area is 282 Å². The quantitative estimate of drug-likeness (QED) is 0.178. The maximum Gasteiger partial charge on any atom is 0.129 e.